The summed E-state index contributed by atoms with van der Waals surface area (Å²) in [6.07, 6.45) is -2.99. The third kappa shape index (κ3) is 3.30. The van der Waals surface area contributed by atoms with Crippen LogP contribution in [0.4, 0.5) is 13.2 Å². The van der Waals surface area contributed by atoms with Crippen molar-refractivity contribution in [2.75, 3.05) is 0 Å². The predicted octanol–water partition coefficient (Wildman–Crippen LogP) is 3.77. The molecule has 3 aromatic rings. The van der Waals surface area contributed by atoms with Crippen molar-refractivity contribution in [3.05, 3.63) is 69.8 Å². The second kappa shape index (κ2) is 6.53. The van der Waals surface area contributed by atoms with Gasteiger partial charge in [-0.15, -0.1) is 0 Å². The number of Topliss-reactive ketones (excluding diaryl/α,β-unsaturated/α-hetero) is 1. The maximum atomic E-state index is 13.1. The Labute approximate surface area is 152 Å². The molecule has 0 spiro atoms. The largest absolute Gasteiger partial charge is 0.416 e. The van der Waals surface area contributed by atoms with E-state index in [2.05, 4.69) is 5.10 Å². The molecule has 0 radical (unpaired) electrons. The van der Waals surface area contributed by atoms with Crippen molar-refractivity contribution in [2.24, 2.45) is 7.05 Å². The molecule has 0 atom stereocenters. The molecular weight excluding hydrogens is 359 g/mol. The van der Waals surface area contributed by atoms with E-state index in [1.54, 1.807) is 30.9 Å². The Morgan fingerprint density at radius 3 is 2.41 bits per heavy atom. The SMILES string of the molecule is CC(=O)c1cc(-c2ccnn2C)c(C)n(-c2cccc(C(F)(F)F)c2)c1=O. The van der Waals surface area contributed by atoms with Gasteiger partial charge in [-0.1, -0.05) is 6.07 Å². The predicted molar refractivity (Wildman–Crippen MR) is 94.0 cm³/mol. The van der Waals surface area contributed by atoms with Gasteiger partial charge in [-0.25, -0.2) is 0 Å². The Morgan fingerprint density at radius 2 is 1.85 bits per heavy atom. The summed E-state index contributed by atoms with van der Waals surface area (Å²) in [5, 5.41) is 4.08. The van der Waals surface area contributed by atoms with Crippen molar-refractivity contribution in [2.45, 2.75) is 20.0 Å². The van der Waals surface area contributed by atoms with Gasteiger partial charge in [-0.05, 0) is 44.2 Å². The molecule has 0 saturated heterocycles. The van der Waals surface area contributed by atoms with E-state index in [1.165, 1.54) is 25.1 Å². The number of hydrogen-bond donors (Lipinski definition) is 0. The normalized spacial score (nSPS) is 11.6. The van der Waals surface area contributed by atoms with Gasteiger partial charge >= 0.3 is 6.18 Å². The molecule has 5 nitrogen and oxygen atoms in total. The smallest absolute Gasteiger partial charge is 0.294 e. The van der Waals surface area contributed by atoms with Crippen molar-refractivity contribution in [3.8, 4) is 16.9 Å². The number of aromatic nitrogens is 3. The fraction of sp³-hybridized carbons (Fsp3) is 0.211. The quantitative estimate of drug-likeness (QED) is 0.655. The summed E-state index contributed by atoms with van der Waals surface area (Å²) in [6, 6.07) is 7.62. The van der Waals surface area contributed by atoms with Crippen molar-refractivity contribution in [1.29, 1.82) is 0 Å². The third-order valence-electron chi connectivity index (χ3n) is 4.36. The van der Waals surface area contributed by atoms with Crippen molar-refractivity contribution >= 4 is 5.78 Å². The highest BCUT2D eigenvalue weighted by Gasteiger charge is 2.31. The molecule has 3 rings (SSSR count). The van der Waals surface area contributed by atoms with Crippen molar-refractivity contribution in [3.63, 3.8) is 0 Å². The molecule has 0 aliphatic heterocycles. The Bertz CT molecular complexity index is 1090. The molecule has 0 bridgehead atoms. The van der Waals surface area contributed by atoms with Crippen LogP contribution in [-0.2, 0) is 13.2 Å². The molecule has 0 N–H and O–H groups in total. The van der Waals surface area contributed by atoms with Crippen LogP contribution in [0.25, 0.3) is 16.9 Å². The number of carbonyl (C=O) groups is 1. The summed E-state index contributed by atoms with van der Waals surface area (Å²) in [7, 11) is 1.70. The summed E-state index contributed by atoms with van der Waals surface area (Å²) in [5.41, 5.74) is -0.0132. The van der Waals surface area contributed by atoms with Gasteiger partial charge in [0.25, 0.3) is 5.56 Å². The van der Waals surface area contributed by atoms with Gasteiger partial charge in [0.1, 0.15) is 0 Å². The minimum absolute atomic E-state index is 0.0406. The molecule has 0 aliphatic carbocycles. The van der Waals surface area contributed by atoms with Gasteiger partial charge in [0.05, 0.1) is 16.8 Å². The fourth-order valence-corrected chi connectivity index (χ4v) is 2.99. The molecule has 0 aliphatic rings. The molecule has 0 saturated carbocycles. The van der Waals surface area contributed by atoms with Crippen LogP contribution in [0.15, 0.2) is 47.4 Å². The minimum Gasteiger partial charge on any atom is -0.294 e. The summed E-state index contributed by atoms with van der Waals surface area (Å²) >= 11 is 0. The number of nitrogens with zero attached hydrogens (tertiary/aromatic N) is 3. The zero-order valence-corrected chi connectivity index (χ0v) is 14.8. The molecule has 2 heterocycles. The number of benzene rings is 1. The van der Waals surface area contributed by atoms with Crippen LogP contribution in [-0.4, -0.2) is 20.1 Å². The van der Waals surface area contributed by atoms with E-state index in [9.17, 15) is 22.8 Å². The lowest BCUT2D eigenvalue weighted by Crippen LogP contribution is -2.27. The second-order valence-corrected chi connectivity index (χ2v) is 6.14. The molecule has 0 amide bonds. The van der Waals surface area contributed by atoms with Crippen molar-refractivity contribution in [1.82, 2.24) is 14.3 Å². The van der Waals surface area contributed by atoms with Gasteiger partial charge in [-0.2, -0.15) is 18.3 Å². The molecular formula is C19H16F3N3O2. The number of rotatable bonds is 3. The fourth-order valence-electron chi connectivity index (χ4n) is 2.99. The molecule has 1 aromatic carbocycles. The first-order valence-electron chi connectivity index (χ1n) is 8.05. The Kier molecular flexibility index (Phi) is 4.51. The number of ketones is 1. The number of carbonyl (C=O) groups excluding carboxylic acids is 1. The summed E-state index contributed by atoms with van der Waals surface area (Å²) in [6.45, 7) is 2.86. The maximum Gasteiger partial charge on any atom is 0.416 e. The zero-order valence-electron chi connectivity index (χ0n) is 14.8. The second-order valence-electron chi connectivity index (χ2n) is 6.14. The number of aryl methyl sites for hydroxylation is 1. The lowest BCUT2D eigenvalue weighted by atomic mass is 10.0. The highest BCUT2D eigenvalue weighted by molar-refractivity contribution is 5.95. The first-order valence-corrected chi connectivity index (χ1v) is 8.05. The Balaban J connectivity index is 2.37. The minimum atomic E-state index is -4.55. The van der Waals surface area contributed by atoms with Crippen LogP contribution in [0.5, 0.6) is 0 Å². The average molecular weight is 375 g/mol. The van der Waals surface area contributed by atoms with Crippen LogP contribution in [0, 0.1) is 6.92 Å². The standard InChI is InChI=1S/C19H16F3N3O2/c1-11-15(17-7-8-23-24(17)3)10-16(12(2)26)18(27)25(11)14-6-4-5-13(9-14)19(20,21)22/h4-10H,1-3H3. The lowest BCUT2D eigenvalue weighted by molar-refractivity contribution is -0.137. The van der Waals surface area contributed by atoms with E-state index in [-0.39, 0.29) is 11.3 Å². The summed E-state index contributed by atoms with van der Waals surface area (Å²) < 4.78 is 42.0. The van der Waals surface area contributed by atoms with E-state index >= 15 is 0 Å². The van der Waals surface area contributed by atoms with E-state index in [0.29, 0.717) is 17.0 Å². The zero-order chi connectivity index (χ0) is 19.9. The Morgan fingerprint density at radius 1 is 1.15 bits per heavy atom. The van der Waals surface area contributed by atoms with Crippen molar-refractivity contribution < 1.29 is 18.0 Å². The molecule has 0 fully saturated rings. The number of alkyl halides is 3. The summed E-state index contributed by atoms with van der Waals surface area (Å²) in [5.74, 6) is -0.468. The molecule has 2 aromatic heterocycles. The van der Waals surface area contributed by atoms with Gasteiger partial charge < -0.3 is 0 Å². The average Bonchev–Trinajstić information content (AvgIpc) is 3.00. The van der Waals surface area contributed by atoms with Crippen LogP contribution < -0.4 is 5.56 Å². The number of halogens is 3. The first-order chi connectivity index (χ1) is 12.6. The van der Waals surface area contributed by atoms with Gasteiger partial charge in [0, 0.05) is 30.2 Å². The molecule has 0 unspecified atom stereocenters. The molecule has 27 heavy (non-hydrogen) atoms. The maximum absolute atomic E-state index is 13.1. The third-order valence-corrected chi connectivity index (χ3v) is 4.36. The highest BCUT2D eigenvalue weighted by atomic mass is 19.4. The van der Waals surface area contributed by atoms with E-state index < -0.39 is 23.1 Å². The van der Waals surface area contributed by atoms with E-state index in [1.807, 2.05) is 0 Å². The van der Waals surface area contributed by atoms with E-state index in [0.717, 1.165) is 16.7 Å². The highest BCUT2D eigenvalue weighted by Crippen LogP contribution is 2.31. The van der Waals surface area contributed by atoms with Gasteiger partial charge in [0.15, 0.2) is 5.78 Å². The monoisotopic (exact) mass is 375 g/mol. The van der Waals surface area contributed by atoms with Crippen LogP contribution in [0.2, 0.25) is 0 Å². The topological polar surface area (TPSA) is 56.9 Å². The summed E-state index contributed by atoms with van der Waals surface area (Å²) in [4.78, 5) is 24.8. The van der Waals surface area contributed by atoms with Gasteiger partial charge in [0.2, 0.25) is 0 Å². The van der Waals surface area contributed by atoms with Crippen LogP contribution in [0.1, 0.15) is 28.5 Å². The number of pyridine rings is 1. The number of hydrogen-bond acceptors (Lipinski definition) is 3. The Hall–Kier alpha value is -3.16. The van der Waals surface area contributed by atoms with Gasteiger partial charge in [-0.3, -0.25) is 18.8 Å². The molecule has 8 heteroatoms. The first kappa shape index (κ1) is 18.6. The molecule has 140 valence electrons. The van der Waals surface area contributed by atoms with Crippen LogP contribution in [0.3, 0.4) is 0 Å². The lowest BCUT2D eigenvalue weighted by Gasteiger charge is -2.17. The van der Waals surface area contributed by atoms with Crippen LogP contribution >= 0.6 is 0 Å². The van der Waals surface area contributed by atoms with E-state index in [4.69, 9.17) is 0 Å².